The van der Waals surface area contributed by atoms with E-state index in [1.807, 2.05) is 19.1 Å². The molecule has 6 nitrogen and oxygen atoms in total. The number of rotatable bonds is 7. The minimum Gasteiger partial charge on any atom is -0.357 e. The molecule has 2 aromatic rings. The lowest BCUT2D eigenvalue weighted by Crippen LogP contribution is -2.36. The number of aliphatic imine (C=N–C) groups is 1. The van der Waals surface area contributed by atoms with Crippen LogP contribution in [0.1, 0.15) is 35.7 Å². The van der Waals surface area contributed by atoms with E-state index < -0.39 is 9.84 Å². The second-order valence-electron chi connectivity index (χ2n) is 6.01. The SMILES string of the molecule is CCNC(=NCc1ccc(S(C)(=O)=O)c(C)c1)NCc1csc(CC)n1. The van der Waals surface area contributed by atoms with Crippen molar-refractivity contribution in [3.05, 3.63) is 45.4 Å². The van der Waals surface area contributed by atoms with Crippen molar-refractivity contribution in [1.82, 2.24) is 15.6 Å². The first kappa shape index (κ1) is 20.4. The van der Waals surface area contributed by atoms with Gasteiger partial charge in [0, 0.05) is 18.2 Å². The number of guanidine groups is 1. The minimum atomic E-state index is -3.20. The normalized spacial score (nSPS) is 12.2. The Balaban J connectivity index is 2.05. The molecule has 1 aromatic carbocycles. The van der Waals surface area contributed by atoms with E-state index in [2.05, 4.69) is 32.9 Å². The molecule has 0 bridgehead atoms. The van der Waals surface area contributed by atoms with Gasteiger partial charge in [-0.1, -0.05) is 19.1 Å². The highest BCUT2D eigenvalue weighted by Gasteiger charge is 2.10. The Kier molecular flexibility index (Phi) is 7.16. The largest absolute Gasteiger partial charge is 0.357 e. The second-order valence-corrected chi connectivity index (χ2v) is 8.93. The van der Waals surface area contributed by atoms with Crippen LogP contribution >= 0.6 is 11.3 Å². The van der Waals surface area contributed by atoms with Crippen LogP contribution in [0.4, 0.5) is 0 Å². The van der Waals surface area contributed by atoms with Crippen LogP contribution in [0.3, 0.4) is 0 Å². The predicted octanol–water partition coefficient (Wildman–Crippen LogP) is 2.67. The molecule has 1 aromatic heterocycles. The number of thiazole rings is 1. The van der Waals surface area contributed by atoms with Gasteiger partial charge in [-0.3, -0.25) is 0 Å². The molecule has 0 saturated carbocycles. The third-order valence-electron chi connectivity index (χ3n) is 3.74. The standard InChI is InChI=1S/C18H26N4O2S2/c1-5-17-22-15(12-25-17)11-21-18(19-6-2)20-10-14-7-8-16(13(3)9-14)26(4,23)24/h7-9,12H,5-6,10-11H2,1-4H3,(H2,19,20,21). The summed E-state index contributed by atoms with van der Waals surface area (Å²) in [6, 6.07) is 5.33. The van der Waals surface area contributed by atoms with Gasteiger partial charge in [0.2, 0.25) is 0 Å². The average molecular weight is 395 g/mol. The summed E-state index contributed by atoms with van der Waals surface area (Å²) in [6.45, 7) is 7.76. The number of hydrogen-bond acceptors (Lipinski definition) is 5. The van der Waals surface area contributed by atoms with Crippen molar-refractivity contribution in [3.8, 4) is 0 Å². The van der Waals surface area contributed by atoms with Crippen LogP contribution in [0.2, 0.25) is 0 Å². The van der Waals surface area contributed by atoms with Crippen LogP contribution in [0.25, 0.3) is 0 Å². The fourth-order valence-corrected chi connectivity index (χ4v) is 4.21. The minimum absolute atomic E-state index is 0.366. The smallest absolute Gasteiger partial charge is 0.191 e. The van der Waals surface area contributed by atoms with Crippen molar-refractivity contribution in [2.75, 3.05) is 12.8 Å². The molecule has 2 rings (SSSR count). The fourth-order valence-electron chi connectivity index (χ4n) is 2.50. The highest BCUT2D eigenvalue weighted by molar-refractivity contribution is 7.90. The Labute approximate surface area is 159 Å². The van der Waals surface area contributed by atoms with Gasteiger partial charge in [0.15, 0.2) is 15.8 Å². The van der Waals surface area contributed by atoms with Gasteiger partial charge in [-0.2, -0.15) is 0 Å². The number of aromatic nitrogens is 1. The van der Waals surface area contributed by atoms with E-state index in [1.165, 1.54) is 6.26 Å². The lowest BCUT2D eigenvalue weighted by atomic mass is 10.1. The average Bonchev–Trinajstić information content (AvgIpc) is 3.04. The van der Waals surface area contributed by atoms with E-state index in [1.54, 1.807) is 24.3 Å². The third-order valence-corrected chi connectivity index (χ3v) is 6.04. The van der Waals surface area contributed by atoms with E-state index in [0.717, 1.165) is 34.8 Å². The maximum atomic E-state index is 11.7. The van der Waals surface area contributed by atoms with Gasteiger partial charge in [0.25, 0.3) is 0 Å². The number of nitrogens with one attached hydrogen (secondary N) is 2. The molecule has 0 saturated heterocycles. The summed E-state index contributed by atoms with van der Waals surface area (Å²) < 4.78 is 23.4. The van der Waals surface area contributed by atoms with Crippen molar-refractivity contribution in [1.29, 1.82) is 0 Å². The van der Waals surface area contributed by atoms with Gasteiger partial charge in [-0.15, -0.1) is 11.3 Å². The summed E-state index contributed by atoms with van der Waals surface area (Å²) in [6.07, 6.45) is 2.17. The van der Waals surface area contributed by atoms with Gasteiger partial charge in [-0.05, 0) is 37.5 Å². The highest BCUT2D eigenvalue weighted by Crippen LogP contribution is 2.17. The Hall–Kier alpha value is -1.93. The molecule has 0 unspecified atom stereocenters. The number of benzene rings is 1. The molecule has 26 heavy (non-hydrogen) atoms. The molecule has 0 aliphatic carbocycles. The zero-order chi connectivity index (χ0) is 19.2. The van der Waals surface area contributed by atoms with E-state index in [9.17, 15) is 8.42 Å². The maximum absolute atomic E-state index is 11.7. The van der Waals surface area contributed by atoms with Crippen molar-refractivity contribution in [2.24, 2.45) is 4.99 Å². The van der Waals surface area contributed by atoms with Crippen LogP contribution < -0.4 is 10.6 Å². The lowest BCUT2D eigenvalue weighted by molar-refractivity contribution is 0.601. The van der Waals surface area contributed by atoms with Gasteiger partial charge in [0.1, 0.15) is 0 Å². The van der Waals surface area contributed by atoms with E-state index in [0.29, 0.717) is 23.9 Å². The summed E-state index contributed by atoms with van der Waals surface area (Å²) in [5.74, 6) is 0.711. The summed E-state index contributed by atoms with van der Waals surface area (Å²) in [7, 11) is -3.20. The van der Waals surface area contributed by atoms with Crippen LogP contribution in [-0.2, 0) is 29.3 Å². The van der Waals surface area contributed by atoms with Crippen molar-refractivity contribution >= 4 is 27.1 Å². The zero-order valence-electron chi connectivity index (χ0n) is 15.7. The topological polar surface area (TPSA) is 83.5 Å². The van der Waals surface area contributed by atoms with Gasteiger partial charge in [-0.25, -0.2) is 18.4 Å². The molecule has 0 atom stereocenters. The Morgan fingerprint density at radius 1 is 1.27 bits per heavy atom. The van der Waals surface area contributed by atoms with E-state index in [-0.39, 0.29) is 0 Å². The zero-order valence-corrected chi connectivity index (χ0v) is 17.3. The van der Waals surface area contributed by atoms with Crippen LogP contribution in [-0.4, -0.2) is 32.2 Å². The van der Waals surface area contributed by atoms with Gasteiger partial charge < -0.3 is 10.6 Å². The second kappa shape index (κ2) is 9.14. The monoisotopic (exact) mass is 394 g/mol. The molecule has 8 heteroatoms. The van der Waals surface area contributed by atoms with Gasteiger partial charge in [0.05, 0.1) is 28.7 Å². The first-order valence-corrected chi connectivity index (χ1v) is 11.4. The molecule has 0 amide bonds. The highest BCUT2D eigenvalue weighted by atomic mass is 32.2. The van der Waals surface area contributed by atoms with Crippen LogP contribution in [0.5, 0.6) is 0 Å². The Morgan fingerprint density at radius 3 is 2.62 bits per heavy atom. The Bertz CT molecular complexity index is 873. The predicted molar refractivity (Wildman–Crippen MR) is 107 cm³/mol. The summed E-state index contributed by atoms with van der Waals surface area (Å²) in [5.41, 5.74) is 2.72. The Morgan fingerprint density at radius 2 is 2.04 bits per heavy atom. The van der Waals surface area contributed by atoms with E-state index >= 15 is 0 Å². The summed E-state index contributed by atoms with van der Waals surface area (Å²) in [5, 5.41) is 9.68. The van der Waals surface area contributed by atoms with Crippen LogP contribution in [0.15, 0.2) is 33.5 Å². The quantitative estimate of drug-likeness (QED) is 0.557. The van der Waals surface area contributed by atoms with E-state index in [4.69, 9.17) is 0 Å². The third kappa shape index (κ3) is 5.81. The number of hydrogen-bond donors (Lipinski definition) is 2. The molecule has 0 aliphatic rings. The maximum Gasteiger partial charge on any atom is 0.191 e. The van der Waals surface area contributed by atoms with Crippen molar-refractivity contribution in [2.45, 2.75) is 45.2 Å². The fraction of sp³-hybridized carbons (Fsp3) is 0.444. The number of sulfone groups is 1. The number of nitrogens with zero attached hydrogens (tertiary/aromatic N) is 2. The molecule has 0 spiro atoms. The first-order valence-electron chi connectivity index (χ1n) is 8.58. The molecule has 2 N–H and O–H groups in total. The number of aryl methyl sites for hydroxylation is 2. The van der Waals surface area contributed by atoms with Crippen molar-refractivity contribution in [3.63, 3.8) is 0 Å². The summed E-state index contributed by atoms with van der Waals surface area (Å²) >= 11 is 1.67. The molecule has 0 fully saturated rings. The molecule has 0 radical (unpaired) electrons. The van der Waals surface area contributed by atoms with Gasteiger partial charge >= 0.3 is 0 Å². The van der Waals surface area contributed by atoms with Crippen molar-refractivity contribution < 1.29 is 8.42 Å². The molecule has 142 valence electrons. The molecular formula is C18H26N4O2S2. The molecule has 1 heterocycles. The molecular weight excluding hydrogens is 368 g/mol. The first-order chi connectivity index (χ1) is 12.3. The molecule has 0 aliphatic heterocycles. The summed E-state index contributed by atoms with van der Waals surface area (Å²) in [4.78, 5) is 9.49. The van der Waals surface area contributed by atoms with Crippen LogP contribution in [0, 0.1) is 6.92 Å². The lowest BCUT2D eigenvalue weighted by Gasteiger charge is -2.11.